The molecule has 0 rings (SSSR count). The number of ether oxygens (including phenoxy) is 1. The van der Waals surface area contributed by atoms with E-state index in [0.717, 1.165) is 32.6 Å². The Kier molecular flexibility index (Phi) is 7.37. The van der Waals surface area contributed by atoms with Gasteiger partial charge in [0.2, 0.25) is 0 Å². The van der Waals surface area contributed by atoms with Crippen LogP contribution in [0, 0.1) is 0 Å². The summed E-state index contributed by atoms with van der Waals surface area (Å²) in [5.41, 5.74) is 7.83. The van der Waals surface area contributed by atoms with Crippen molar-refractivity contribution in [3.8, 4) is 0 Å². The maximum Gasteiger partial charge on any atom is 0.114 e. The molecule has 0 aliphatic heterocycles. The van der Waals surface area contributed by atoms with Crippen LogP contribution in [0.2, 0.25) is 0 Å². The molecule has 2 nitrogen and oxygen atoms in total. The third-order valence-electron chi connectivity index (χ3n) is 2.15. The van der Waals surface area contributed by atoms with Gasteiger partial charge >= 0.3 is 0 Å². The first kappa shape index (κ1) is 14.4. The van der Waals surface area contributed by atoms with Crippen LogP contribution >= 0.6 is 8.58 Å². The molecule has 2 N–H and O–H groups in total. The summed E-state index contributed by atoms with van der Waals surface area (Å²) in [5.74, 6) is 0.816. The van der Waals surface area contributed by atoms with E-state index in [1.807, 2.05) is 6.92 Å². The van der Waals surface area contributed by atoms with Crippen molar-refractivity contribution in [3.05, 3.63) is 36.6 Å². The minimum Gasteiger partial charge on any atom is -0.494 e. The van der Waals surface area contributed by atoms with Crippen molar-refractivity contribution in [1.29, 1.82) is 0 Å². The van der Waals surface area contributed by atoms with Gasteiger partial charge in [-0.05, 0) is 32.0 Å². The second kappa shape index (κ2) is 7.67. The van der Waals surface area contributed by atoms with Crippen molar-refractivity contribution in [2.75, 3.05) is 13.3 Å². The molecule has 0 aromatic heterocycles. The maximum absolute atomic E-state index is 5.85. The smallest absolute Gasteiger partial charge is 0.114 e. The van der Waals surface area contributed by atoms with E-state index in [-0.39, 0.29) is 5.78 Å². The number of hydrogen-bond donors (Lipinski definition) is 1. The summed E-state index contributed by atoms with van der Waals surface area (Å²) in [5, 5.41) is 0. The van der Waals surface area contributed by atoms with E-state index in [4.69, 9.17) is 10.5 Å². The van der Waals surface area contributed by atoms with Crippen molar-refractivity contribution in [3.63, 3.8) is 0 Å². The number of allylic oxidation sites excluding steroid dienone is 1. The van der Waals surface area contributed by atoms with Gasteiger partial charge in [0.05, 0.1) is 6.61 Å². The summed E-state index contributed by atoms with van der Waals surface area (Å²) < 4.78 is 5.39. The monoisotopic (exact) mass is 227 g/mol. The Morgan fingerprint density at radius 1 is 1.40 bits per heavy atom. The lowest BCUT2D eigenvalue weighted by atomic mass is 10.2. The van der Waals surface area contributed by atoms with Gasteiger partial charge in [0.25, 0.3) is 0 Å². The number of rotatable bonds is 8. The quantitative estimate of drug-likeness (QED) is 0.227. The first-order chi connectivity index (χ1) is 6.99. The average Bonchev–Trinajstić information content (AvgIpc) is 2.22. The van der Waals surface area contributed by atoms with Crippen LogP contribution in [0.15, 0.2) is 36.6 Å². The fourth-order valence-corrected chi connectivity index (χ4v) is 1.53. The minimum absolute atomic E-state index is 0.148. The highest BCUT2D eigenvalue weighted by atomic mass is 31.1. The topological polar surface area (TPSA) is 35.2 Å². The molecular weight excluding hydrogens is 205 g/mol. The Morgan fingerprint density at radius 2 is 2.00 bits per heavy atom. The Bertz CT molecular complexity index is 248. The SMILES string of the molecule is C=C(C)C(=C)OCCCC(=C)C(N)PC. The fourth-order valence-electron chi connectivity index (χ4n) is 0.977. The van der Waals surface area contributed by atoms with Crippen molar-refractivity contribution < 1.29 is 4.74 Å². The van der Waals surface area contributed by atoms with Gasteiger partial charge in [-0.3, -0.25) is 0 Å². The zero-order chi connectivity index (χ0) is 11.8. The predicted molar refractivity (Wildman–Crippen MR) is 70.5 cm³/mol. The van der Waals surface area contributed by atoms with Crippen LogP contribution in [0.4, 0.5) is 0 Å². The standard InChI is InChI=1S/C12H22NOP/c1-9(2)11(4)14-8-6-7-10(3)12(13)15-5/h12,15H,1,3-4,6-8,13H2,2,5H3. The van der Waals surface area contributed by atoms with E-state index < -0.39 is 0 Å². The van der Waals surface area contributed by atoms with E-state index in [0.29, 0.717) is 12.4 Å². The molecule has 0 heterocycles. The van der Waals surface area contributed by atoms with E-state index >= 15 is 0 Å². The Labute approximate surface area is 95.1 Å². The number of hydrogen-bond acceptors (Lipinski definition) is 2. The lowest BCUT2D eigenvalue weighted by molar-refractivity contribution is 0.217. The Hall–Kier alpha value is -0.590. The van der Waals surface area contributed by atoms with Crippen molar-refractivity contribution in [1.82, 2.24) is 0 Å². The van der Waals surface area contributed by atoms with Gasteiger partial charge in [-0.15, -0.1) is 8.58 Å². The van der Waals surface area contributed by atoms with Crippen molar-refractivity contribution in [2.24, 2.45) is 5.73 Å². The molecule has 0 spiro atoms. The summed E-state index contributed by atoms with van der Waals surface area (Å²) >= 11 is 0. The van der Waals surface area contributed by atoms with Crippen LogP contribution in [-0.4, -0.2) is 19.1 Å². The van der Waals surface area contributed by atoms with Crippen LogP contribution in [0.25, 0.3) is 0 Å². The molecule has 0 aliphatic carbocycles. The molecule has 0 aliphatic rings. The van der Waals surface area contributed by atoms with Crippen LogP contribution in [0.1, 0.15) is 19.8 Å². The molecule has 2 atom stereocenters. The van der Waals surface area contributed by atoms with Gasteiger partial charge in [-0.1, -0.05) is 25.3 Å². The molecule has 0 saturated heterocycles. The Balaban J connectivity index is 3.59. The molecule has 0 aromatic carbocycles. The summed E-state index contributed by atoms with van der Waals surface area (Å²) in [6, 6.07) is 0. The largest absolute Gasteiger partial charge is 0.494 e. The second-order valence-electron chi connectivity index (χ2n) is 3.58. The van der Waals surface area contributed by atoms with Gasteiger partial charge in [-0.25, -0.2) is 0 Å². The third-order valence-corrected chi connectivity index (χ3v) is 3.18. The zero-order valence-electron chi connectivity index (χ0n) is 9.81. The van der Waals surface area contributed by atoms with Crippen molar-refractivity contribution in [2.45, 2.75) is 25.5 Å². The molecule has 0 saturated carbocycles. The van der Waals surface area contributed by atoms with E-state index in [2.05, 4.69) is 26.4 Å². The van der Waals surface area contributed by atoms with Crippen LogP contribution in [0.3, 0.4) is 0 Å². The minimum atomic E-state index is 0.148. The molecule has 0 fully saturated rings. The summed E-state index contributed by atoms with van der Waals surface area (Å²) in [6.07, 6.45) is 1.86. The molecule has 3 heteroatoms. The van der Waals surface area contributed by atoms with E-state index in [9.17, 15) is 0 Å². The first-order valence-corrected chi connectivity index (χ1v) is 6.65. The zero-order valence-corrected chi connectivity index (χ0v) is 10.8. The average molecular weight is 227 g/mol. The molecule has 0 aromatic rings. The van der Waals surface area contributed by atoms with Crippen LogP contribution in [-0.2, 0) is 4.74 Å². The molecular formula is C12H22NOP. The Morgan fingerprint density at radius 3 is 2.47 bits per heavy atom. The highest BCUT2D eigenvalue weighted by molar-refractivity contribution is 7.38. The molecule has 0 amide bonds. The van der Waals surface area contributed by atoms with Gasteiger partial charge in [-0.2, -0.15) is 0 Å². The lowest BCUT2D eigenvalue weighted by Gasteiger charge is -2.13. The summed E-state index contributed by atoms with van der Waals surface area (Å²) in [6.45, 7) is 16.1. The van der Waals surface area contributed by atoms with Gasteiger partial charge < -0.3 is 10.5 Å². The van der Waals surface area contributed by atoms with Gasteiger partial charge in [0, 0.05) is 5.78 Å². The highest BCUT2D eigenvalue weighted by Gasteiger charge is 2.04. The highest BCUT2D eigenvalue weighted by Crippen LogP contribution is 2.19. The molecule has 15 heavy (non-hydrogen) atoms. The molecule has 2 unspecified atom stereocenters. The number of nitrogens with two attached hydrogens (primary N) is 1. The molecule has 0 radical (unpaired) electrons. The van der Waals surface area contributed by atoms with Gasteiger partial charge in [0.15, 0.2) is 0 Å². The fraction of sp³-hybridized carbons (Fsp3) is 0.500. The van der Waals surface area contributed by atoms with Crippen molar-refractivity contribution >= 4 is 8.58 Å². The summed E-state index contributed by atoms with van der Waals surface area (Å²) in [4.78, 5) is 0. The molecule has 0 bridgehead atoms. The first-order valence-electron chi connectivity index (χ1n) is 5.07. The third kappa shape index (κ3) is 6.48. The molecule has 86 valence electrons. The second-order valence-corrected chi connectivity index (χ2v) is 4.78. The maximum atomic E-state index is 5.85. The van der Waals surface area contributed by atoms with Crippen LogP contribution in [0.5, 0.6) is 0 Å². The van der Waals surface area contributed by atoms with E-state index in [1.54, 1.807) is 0 Å². The van der Waals surface area contributed by atoms with Gasteiger partial charge in [0.1, 0.15) is 5.76 Å². The summed E-state index contributed by atoms with van der Waals surface area (Å²) in [7, 11) is 0.721. The lowest BCUT2D eigenvalue weighted by Crippen LogP contribution is -2.16. The van der Waals surface area contributed by atoms with E-state index in [1.165, 1.54) is 0 Å². The normalized spacial score (nSPS) is 12.7. The van der Waals surface area contributed by atoms with Crippen LogP contribution < -0.4 is 5.73 Å². The predicted octanol–water partition coefficient (Wildman–Crippen LogP) is 3.02.